The van der Waals surface area contributed by atoms with Gasteiger partial charge in [-0.1, -0.05) is 25.1 Å². The molecule has 110 valence electrons. The summed E-state index contributed by atoms with van der Waals surface area (Å²) in [4.78, 5) is 0. The quantitative estimate of drug-likeness (QED) is 0.894. The molecule has 3 rings (SSSR count). The van der Waals surface area contributed by atoms with Crippen LogP contribution in [0.15, 0.2) is 30.3 Å². The largest absolute Gasteiger partial charge is 0.507 e. The average molecular weight is 282 g/mol. The SMILES string of the molecule is COCc1cc(-c2ccc3c(c2)CC[C@@H]3C)cc(C)c1O. The van der Waals surface area contributed by atoms with E-state index in [1.54, 1.807) is 7.11 Å². The summed E-state index contributed by atoms with van der Waals surface area (Å²) in [5, 5.41) is 10.1. The Labute approximate surface area is 126 Å². The number of hydrogen-bond donors (Lipinski definition) is 1. The van der Waals surface area contributed by atoms with Gasteiger partial charge in [-0.3, -0.25) is 0 Å². The molecule has 0 heterocycles. The van der Waals surface area contributed by atoms with Crippen LogP contribution < -0.4 is 0 Å². The van der Waals surface area contributed by atoms with Crippen LogP contribution in [0, 0.1) is 6.92 Å². The molecule has 0 saturated carbocycles. The highest BCUT2D eigenvalue weighted by molar-refractivity contribution is 5.69. The van der Waals surface area contributed by atoms with Crippen molar-refractivity contribution in [2.24, 2.45) is 0 Å². The van der Waals surface area contributed by atoms with E-state index in [2.05, 4.69) is 31.2 Å². The van der Waals surface area contributed by atoms with Crippen molar-refractivity contribution < 1.29 is 9.84 Å². The Balaban J connectivity index is 2.05. The van der Waals surface area contributed by atoms with Gasteiger partial charge in [0.15, 0.2) is 0 Å². The molecule has 0 aromatic heterocycles. The third-order valence-electron chi connectivity index (χ3n) is 4.53. The third kappa shape index (κ3) is 2.56. The summed E-state index contributed by atoms with van der Waals surface area (Å²) >= 11 is 0. The molecule has 2 heteroatoms. The minimum atomic E-state index is 0.343. The lowest BCUT2D eigenvalue weighted by Gasteiger charge is -2.12. The molecule has 0 radical (unpaired) electrons. The number of aromatic hydroxyl groups is 1. The topological polar surface area (TPSA) is 29.5 Å². The van der Waals surface area contributed by atoms with Crippen LogP contribution in [0.4, 0.5) is 0 Å². The molecule has 0 unspecified atom stereocenters. The molecule has 1 N–H and O–H groups in total. The van der Waals surface area contributed by atoms with Crippen molar-refractivity contribution in [1.29, 1.82) is 0 Å². The molecule has 1 atom stereocenters. The van der Waals surface area contributed by atoms with Gasteiger partial charge in [0, 0.05) is 12.7 Å². The molecule has 2 aromatic carbocycles. The van der Waals surface area contributed by atoms with E-state index in [-0.39, 0.29) is 0 Å². The fraction of sp³-hybridized carbons (Fsp3) is 0.368. The normalized spacial score (nSPS) is 17.0. The molecule has 0 amide bonds. The summed E-state index contributed by atoms with van der Waals surface area (Å²) in [7, 11) is 1.65. The predicted molar refractivity (Wildman–Crippen MR) is 85.7 cm³/mol. The lowest BCUT2D eigenvalue weighted by molar-refractivity contribution is 0.182. The first-order chi connectivity index (χ1) is 10.1. The average Bonchev–Trinajstić information content (AvgIpc) is 2.85. The van der Waals surface area contributed by atoms with E-state index in [0.29, 0.717) is 18.3 Å². The maximum absolute atomic E-state index is 10.1. The molecule has 0 fully saturated rings. The maximum Gasteiger partial charge on any atom is 0.124 e. The smallest absolute Gasteiger partial charge is 0.124 e. The van der Waals surface area contributed by atoms with Gasteiger partial charge in [0.25, 0.3) is 0 Å². The second-order valence-electron chi connectivity index (χ2n) is 6.09. The molecule has 2 aromatic rings. The van der Waals surface area contributed by atoms with E-state index in [4.69, 9.17) is 4.74 Å². The number of ether oxygens (including phenoxy) is 1. The van der Waals surface area contributed by atoms with Crippen LogP contribution in [0.3, 0.4) is 0 Å². The highest BCUT2D eigenvalue weighted by atomic mass is 16.5. The van der Waals surface area contributed by atoms with E-state index >= 15 is 0 Å². The Morgan fingerprint density at radius 3 is 2.76 bits per heavy atom. The van der Waals surface area contributed by atoms with E-state index in [0.717, 1.165) is 16.7 Å². The summed E-state index contributed by atoms with van der Waals surface area (Å²) in [6.45, 7) is 4.67. The Morgan fingerprint density at radius 1 is 1.19 bits per heavy atom. The zero-order chi connectivity index (χ0) is 15.0. The Morgan fingerprint density at radius 2 is 2.00 bits per heavy atom. The fourth-order valence-electron chi connectivity index (χ4n) is 3.29. The lowest BCUT2D eigenvalue weighted by atomic mass is 9.95. The monoisotopic (exact) mass is 282 g/mol. The molecular weight excluding hydrogens is 260 g/mol. The fourth-order valence-corrected chi connectivity index (χ4v) is 3.29. The number of phenolic OH excluding ortho intramolecular Hbond substituents is 1. The molecule has 0 spiro atoms. The van der Waals surface area contributed by atoms with Gasteiger partial charge in [-0.2, -0.15) is 0 Å². The zero-order valence-corrected chi connectivity index (χ0v) is 12.9. The van der Waals surface area contributed by atoms with Gasteiger partial charge in [0.1, 0.15) is 5.75 Å². The highest BCUT2D eigenvalue weighted by Crippen LogP contribution is 2.36. The summed E-state index contributed by atoms with van der Waals surface area (Å²) in [5.41, 5.74) is 7.09. The lowest BCUT2D eigenvalue weighted by Crippen LogP contribution is -1.93. The molecule has 1 aliphatic carbocycles. The second kappa shape index (κ2) is 5.53. The minimum Gasteiger partial charge on any atom is -0.507 e. The molecule has 2 nitrogen and oxygen atoms in total. The van der Waals surface area contributed by atoms with Crippen molar-refractivity contribution in [1.82, 2.24) is 0 Å². The molecule has 21 heavy (non-hydrogen) atoms. The first kappa shape index (κ1) is 14.2. The number of methoxy groups -OCH3 is 1. The van der Waals surface area contributed by atoms with Crippen LogP contribution in [0.1, 0.15) is 41.5 Å². The first-order valence-corrected chi connectivity index (χ1v) is 7.54. The standard InChI is InChI=1S/C19H22O2/c1-12-4-5-15-9-14(6-7-18(12)15)16-8-13(2)19(20)17(10-16)11-21-3/h6-10,12,20H,4-5,11H2,1-3H3/t12-/m0/s1. The van der Waals surface area contributed by atoms with Crippen molar-refractivity contribution in [3.8, 4) is 16.9 Å². The van der Waals surface area contributed by atoms with E-state index in [1.807, 2.05) is 13.0 Å². The highest BCUT2D eigenvalue weighted by Gasteiger charge is 2.19. The van der Waals surface area contributed by atoms with Crippen molar-refractivity contribution in [3.63, 3.8) is 0 Å². The van der Waals surface area contributed by atoms with Crippen LogP contribution in [-0.2, 0) is 17.8 Å². The van der Waals surface area contributed by atoms with Crippen LogP contribution >= 0.6 is 0 Å². The predicted octanol–water partition coefficient (Wildman–Crippen LogP) is 4.56. The van der Waals surface area contributed by atoms with E-state index in [1.165, 1.54) is 29.5 Å². The van der Waals surface area contributed by atoms with Crippen molar-refractivity contribution in [3.05, 3.63) is 52.6 Å². The molecule has 0 bridgehead atoms. The van der Waals surface area contributed by atoms with Crippen LogP contribution in [0.5, 0.6) is 5.75 Å². The zero-order valence-electron chi connectivity index (χ0n) is 12.9. The Kier molecular flexibility index (Phi) is 3.73. The van der Waals surface area contributed by atoms with Crippen molar-refractivity contribution >= 4 is 0 Å². The van der Waals surface area contributed by atoms with E-state index < -0.39 is 0 Å². The second-order valence-corrected chi connectivity index (χ2v) is 6.09. The number of phenols is 1. The Bertz CT molecular complexity index is 674. The van der Waals surface area contributed by atoms with E-state index in [9.17, 15) is 5.11 Å². The first-order valence-electron chi connectivity index (χ1n) is 7.54. The summed E-state index contributed by atoms with van der Waals surface area (Å²) in [6, 6.07) is 10.9. The van der Waals surface area contributed by atoms with Crippen LogP contribution in [0.2, 0.25) is 0 Å². The van der Waals surface area contributed by atoms with Gasteiger partial charge in [0.05, 0.1) is 6.61 Å². The van der Waals surface area contributed by atoms with Crippen molar-refractivity contribution in [2.75, 3.05) is 7.11 Å². The van der Waals surface area contributed by atoms with Crippen LogP contribution in [-0.4, -0.2) is 12.2 Å². The van der Waals surface area contributed by atoms with Gasteiger partial charge in [0.2, 0.25) is 0 Å². The summed E-state index contributed by atoms with van der Waals surface area (Å²) in [5.74, 6) is 1.02. The number of benzene rings is 2. The molecule has 1 aliphatic rings. The Hall–Kier alpha value is -1.80. The summed E-state index contributed by atoms with van der Waals surface area (Å²) in [6.07, 6.45) is 2.43. The van der Waals surface area contributed by atoms with Gasteiger partial charge in [-0.25, -0.2) is 0 Å². The number of aryl methyl sites for hydroxylation is 2. The van der Waals surface area contributed by atoms with Gasteiger partial charge >= 0.3 is 0 Å². The van der Waals surface area contributed by atoms with Crippen LogP contribution in [0.25, 0.3) is 11.1 Å². The third-order valence-corrected chi connectivity index (χ3v) is 4.53. The number of hydrogen-bond acceptors (Lipinski definition) is 2. The number of fused-ring (bicyclic) bond motifs is 1. The molecular formula is C19H22O2. The molecule has 0 saturated heterocycles. The minimum absolute atomic E-state index is 0.343. The van der Waals surface area contributed by atoms with Gasteiger partial charge in [-0.05, 0) is 65.6 Å². The molecule has 0 aliphatic heterocycles. The summed E-state index contributed by atoms with van der Waals surface area (Å²) < 4.78 is 5.18. The van der Waals surface area contributed by atoms with Gasteiger partial charge in [-0.15, -0.1) is 0 Å². The number of rotatable bonds is 3. The maximum atomic E-state index is 10.1. The van der Waals surface area contributed by atoms with Gasteiger partial charge < -0.3 is 9.84 Å². The van der Waals surface area contributed by atoms with Crippen molar-refractivity contribution in [2.45, 2.75) is 39.2 Å².